The molecule has 1 heteroatoms. The van der Waals surface area contributed by atoms with Crippen LogP contribution in [-0.2, 0) is 6.54 Å². The van der Waals surface area contributed by atoms with Crippen molar-refractivity contribution in [2.75, 3.05) is 0 Å². The predicted octanol–water partition coefficient (Wildman–Crippen LogP) is 3.23. The van der Waals surface area contributed by atoms with E-state index in [1.165, 1.54) is 22.3 Å². The third kappa shape index (κ3) is 2.15. The molecule has 2 aromatic carbocycles. The fourth-order valence-corrected chi connectivity index (χ4v) is 2.00. The Morgan fingerprint density at radius 1 is 1.12 bits per heavy atom. The molecule has 0 heterocycles. The number of benzene rings is 2. The average Bonchev–Trinajstić information content (AvgIpc) is 2.27. The van der Waals surface area contributed by atoms with Crippen LogP contribution in [0.1, 0.15) is 16.7 Å². The molecule has 0 fully saturated rings. The second-order valence-corrected chi connectivity index (χ2v) is 4.12. The molecule has 0 saturated heterocycles. The first-order chi connectivity index (χ1) is 7.70. The van der Waals surface area contributed by atoms with Crippen LogP contribution in [-0.4, -0.2) is 0 Å². The van der Waals surface area contributed by atoms with Gasteiger partial charge >= 0.3 is 0 Å². The third-order valence-electron chi connectivity index (χ3n) is 2.68. The van der Waals surface area contributed by atoms with Crippen molar-refractivity contribution in [3.63, 3.8) is 0 Å². The van der Waals surface area contributed by atoms with Crippen molar-refractivity contribution in [2.45, 2.75) is 20.4 Å². The molecule has 0 amide bonds. The van der Waals surface area contributed by atoms with Gasteiger partial charge in [-0.2, -0.15) is 0 Å². The Morgan fingerprint density at radius 3 is 2.56 bits per heavy atom. The Hall–Kier alpha value is -1.60. The monoisotopic (exact) mass is 210 g/mol. The summed E-state index contributed by atoms with van der Waals surface area (Å²) in [5.74, 6) is 0. The lowest BCUT2D eigenvalue weighted by atomic mass is 9.97. The Kier molecular flexibility index (Phi) is 3.07. The van der Waals surface area contributed by atoms with Crippen molar-refractivity contribution >= 4 is 0 Å². The van der Waals surface area contributed by atoms with Gasteiger partial charge in [-0.15, -0.1) is 0 Å². The van der Waals surface area contributed by atoms with Gasteiger partial charge < -0.3 is 5.73 Å². The first-order valence-corrected chi connectivity index (χ1v) is 5.49. The van der Waals surface area contributed by atoms with Crippen LogP contribution in [0.15, 0.2) is 36.4 Å². The SMILES string of the molecule is Cc1[c]c(-c2ccccc2CN)cc(C)c1. The highest BCUT2D eigenvalue weighted by Gasteiger charge is 2.04. The lowest BCUT2D eigenvalue weighted by Crippen LogP contribution is -1.98. The standard InChI is InChI=1S/C15H16N/c1-11-7-12(2)9-14(8-11)15-6-4-3-5-13(15)10-16/h3-8H,10,16H2,1-2H3. The molecule has 1 radical (unpaired) electrons. The van der Waals surface area contributed by atoms with Crippen molar-refractivity contribution in [2.24, 2.45) is 5.73 Å². The maximum atomic E-state index is 5.75. The van der Waals surface area contributed by atoms with E-state index in [2.05, 4.69) is 44.2 Å². The highest BCUT2D eigenvalue weighted by atomic mass is 14.5. The van der Waals surface area contributed by atoms with Gasteiger partial charge in [0.15, 0.2) is 0 Å². The van der Waals surface area contributed by atoms with Crippen LogP contribution in [0.2, 0.25) is 0 Å². The molecule has 0 saturated carbocycles. The van der Waals surface area contributed by atoms with Gasteiger partial charge in [0.2, 0.25) is 0 Å². The van der Waals surface area contributed by atoms with E-state index >= 15 is 0 Å². The molecule has 2 aromatic rings. The van der Waals surface area contributed by atoms with E-state index < -0.39 is 0 Å². The van der Waals surface area contributed by atoms with Crippen molar-refractivity contribution in [3.8, 4) is 11.1 Å². The smallest absolute Gasteiger partial charge is 0.0184 e. The summed E-state index contributed by atoms with van der Waals surface area (Å²) >= 11 is 0. The molecule has 0 aliphatic rings. The van der Waals surface area contributed by atoms with Gasteiger partial charge in [-0.05, 0) is 42.2 Å². The molecule has 0 atom stereocenters. The molecule has 16 heavy (non-hydrogen) atoms. The minimum atomic E-state index is 0.566. The lowest BCUT2D eigenvalue weighted by molar-refractivity contribution is 1.07. The highest BCUT2D eigenvalue weighted by molar-refractivity contribution is 5.68. The highest BCUT2D eigenvalue weighted by Crippen LogP contribution is 2.24. The quantitative estimate of drug-likeness (QED) is 0.809. The van der Waals surface area contributed by atoms with Crippen molar-refractivity contribution in [3.05, 3.63) is 59.2 Å². The van der Waals surface area contributed by atoms with E-state index in [9.17, 15) is 0 Å². The summed E-state index contributed by atoms with van der Waals surface area (Å²) in [4.78, 5) is 0. The normalized spacial score (nSPS) is 10.4. The molecule has 0 unspecified atom stereocenters. The molecule has 0 aromatic heterocycles. The molecule has 1 nitrogen and oxygen atoms in total. The summed E-state index contributed by atoms with van der Waals surface area (Å²) in [6, 6.07) is 15.9. The van der Waals surface area contributed by atoms with Crippen molar-refractivity contribution in [1.29, 1.82) is 0 Å². The van der Waals surface area contributed by atoms with Crippen LogP contribution in [0.4, 0.5) is 0 Å². The van der Waals surface area contributed by atoms with Crippen LogP contribution in [0, 0.1) is 19.9 Å². The van der Waals surface area contributed by atoms with Gasteiger partial charge in [0.05, 0.1) is 0 Å². The maximum Gasteiger partial charge on any atom is 0.0184 e. The van der Waals surface area contributed by atoms with Gasteiger partial charge in [0.1, 0.15) is 0 Å². The second-order valence-electron chi connectivity index (χ2n) is 4.12. The lowest BCUT2D eigenvalue weighted by Gasteiger charge is -2.09. The summed E-state index contributed by atoms with van der Waals surface area (Å²) in [6.45, 7) is 4.74. The molecule has 0 spiro atoms. The number of nitrogens with two attached hydrogens (primary N) is 1. The summed E-state index contributed by atoms with van der Waals surface area (Å²) in [7, 11) is 0. The fourth-order valence-electron chi connectivity index (χ4n) is 2.00. The molecule has 2 N–H and O–H groups in total. The fraction of sp³-hybridized carbons (Fsp3) is 0.200. The van der Waals surface area contributed by atoms with Crippen molar-refractivity contribution < 1.29 is 0 Å². The van der Waals surface area contributed by atoms with Crippen LogP contribution < -0.4 is 5.73 Å². The molecule has 0 aliphatic carbocycles. The predicted molar refractivity (Wildman–Crippen MR) is 68.1 cm³/mol. The van der Waals surface area contributed by atoms with E-state index in [1.54, 1.807) is 0 Å². The number of rotatable bonds is 2. The Bertz CT molecular complexity index is 480. The molecule has 0 bridgehead atoms. The summed E-state index contributed by atoms with van der Waals surface area (Å²) < 4.78 is 0. The van der Waals surface area contributed by atoms with Crippen LogP contribution in [0.5, 0.6) is 0 Å². The topological polar surface area (TPSA) is 26.0 Å². The Morgan fingerprint density at radius 2 is 1.88 bits per heavy atom. The van der Waals surface area contributed by atoms with E-state index in [0.717, 1.165) is 5.56 Å². The number of hydrogen-bond donors (Lipinski definition) is 1. The molecule has 0 aliphatic heterocycles. The zero-order valence-electron chi connectivity index (χ0n) is 9.75. The van der Waals surface area contributed by atoms with E-state index in [1.807, 2.05) is 12.1 Å². The third-order valence-corrected chi connectivity index (χ3v) is 2.68. The van der Waals surface area contributed by atoms with E-state index in [-0.39, 0.29) is 0 Å². The van der Waals surface area contributed by atoms with Crippen molar-refractivity contribution in [1.82, 2.24) is 0 Å². The summed E-state index contributed by atoms with van der Waals surface area (Å²) in [5, 5.41) is 0. The van der Waals surface area contributed by atoms with Crippen LogP contribution in [0.3, 0.4) is 0 Å². The van der Waals surface area contributed by atoms with E-state index in [4.69, 9.17) is 5.73 Å². The minimum absolute atomic E-state index is 0.566. The maximum absolute atomic E-state index is 5.75. The number of hydrogen-bond acceptors (Lipinski definition) is 1. The average molecular weight is 210 g/mol. The number of aryl methyl sites for hydroxylation is 2. The van der Waals surface area contributed by atoms with Gasteiger partial charge in [-0.3, -0.25) is 0 Å². The van der Waals surface area contributed by atoms with Crippen LogP contribution in [0.25, 0.3) is 11.1 Å². The molecular formula is C15H16N. The van der Waals surface area contributed by atoms with Crippen LogP contribution >= 0.6 is 0 Å². The first-order valence-electron chi connectivity index (χ1n) is 5.49. The largest absolute Gasteiger partial charge is 0.326 e. The zero-order chi connectivity index (χ0) is 11.5. The Labute approximate surface area is 96.9 Å². The summed E-state index contributed by atoms with van der Waals surface area (Å²) in [5.41, 5.74) is 11.7. The van der Waals surface area contributed by atoms with Gasteiger partial charge in [0.25, 0.3) is 0 Å². The van der Waals surface area contributed by atoms with Gasteiger partial charge in [-0.25, -0.2) is 0 Å². The first kappa shape index (κ1) is 10.9. The molecule has 81 valence electrons. The van der Waals surface area contributed by atoms with E-state index in [0.29, 0.717) is 6.54 Å². The van der Waals surface area contributed by atoms with Gasteiger partial charge in [-0.1, -0.05) is 42.0 Å². The molecular weight excluding hydrogens is 194 g/mol. The Balaban J connectivity index is 2.58. The second kappa shape index (κ2) is 4.50. The minimum Gasteiger partial charge on any atom is -0.326 e. The zero-order valence-corrected chi connectivity index (χ0v) is 9.75. The molecule has 2 rings (SSSR count). The van der Waals surface area contributed by atoms with Gasteiger partial charge in [0, 0.05) is 6.54 Å². The summed E-state index contributed by atoms with van der Waals surface area (Å²) in [6.07, 6.45) is 0.